The SMILES string of the molecule is CC(COC1CCOC1)Nc1cccc(C(F)(F)F)n1. The maximum atomic E-state index is 12.5. The van der Waals surface area contributed by atoms with E-state index in [2.05, 4.69) is 10.3 Å². The normalized spacial score (nSPS) is 20.9. The molecule has 1 aromatic heterocycles. The highest BCUT2D eigenvalue weighted by molar-refractivity contribution is 5.36. The highest BCUT2D eigenvalue weighted by atomic mass is 19.4. The second-order valence-corrected chi connectivity index (χ2v) is 4.77. The van der Waals surface area contributed by atoms with Gasteiger partial charge >= 0.3 is 6.18 Å². The lowest BCUT2D eigenvalue weighted by Gasteiger charge is -2.18. The lowest BCUT2D eigenvalue weighted by molar-refractivity contribution is -0.141. The highest BCUT2D eigenvalue weighted by Crippen LogP contribution is 2.28. The third-order valence-corrected chi connectivity index (χ3v) is 2.90. The molecule has 112 valence electrons. The third kappa shape index (κ3) is 4.35. The molecular formula is C13H17F3N2O2. The molecule has 2 rings (SSSR count). The van der Waals surface area contributed by atoms with E-state index in [1.165, 1.54) is 12.1 Å². The molecule has 0 aliphatic carbocycles. The van der Waals surface area contributed by atoms with E-state index in [1.807, 2.05) is 6.92 Å². The van der Waals surface area contributed by atoms with Crippen molar-refractivity contribution in [1.29, 1.82) is 0 Å². The van der Waals surface area contributed by atoms with Crippen LogP contribution in [-0.4, -0.2) is 37.0 Å². The van der Waals surface area contributed by atoms with Gasteiger partial charge in [0, 0.05) is 12.6 Å². The van der Waals surface area contributed by atoms with E-state index in [1.54, 1.807) is 0 Å². The van der Waals surface area contributed by atoms with Crippen LogP contribution >= 0.6 is 0 Å². The van der Waals surface area contributed by atoms with Gasteiger partial charge in [-0.1, -0.05) is 6.07 Å². The number of hydrogen-bond donors (Lipinski definition) is 1. The highest BCUT2D eigenvalue weighted by Gasteiger charge is 2.32. The zero-order valence-corrected chi connectivity index (χ0v) is 11.1. The molecule has 2 unspecified atom stereocenters. The van der Waals surface area contributed by atoms with E-state index < -0.39 is 11.9 Å². The van der Waals surface area contributed by atoms with Gasteiger partial charge in [0.25, 0.3) is 0 Å². The Kier molecular flexibility index (Phi) is 4.82. The molecule has 2 atom stereocenters. The van der Waals surface area contributed by atoms with Gasteiger partial charge in [0.15, 0.2) is 0 Å². The van der Waals surface area contributed by atoms with Crippen molar-refractivity contribution in [3.63, 3.8) is 0 Å². The number of halogens is 3. The van der Waals surface area contributed by atoms with Gasteiger partial charge in [0.2, 0.25) is 0 Å². The van der Waals surface area contributed by atoms with Crippen molar-refractivity contribution in [2.75, 3.05) is 25.1 Å². The Morgan fingerprint density at radius 2 is 2.30 bits per heavy atom. The number of ether oxygens (including phenoxy) is 2. The van der Waals surface area contributed by atoms with E-state index in [9.17, 15) is 13.2 Å². The standard InChI is InChI=1S/C13H17F3N2O2/c1-9(7-20-10-5-6-19-8-10)17-12-4-2-3-11(18-12)13(14,15)16/h2-4,9-10H,5-8H2,1H3,(H,17,18). The van der Waals surface area contributed by atoms with Crippen molar-refractivity contribution >= 4 is 5.82 Å². The predicted molar refractivity (Wildman–Crippen MR) is 67.5 cm³/mol. The van der Waals surface area contributed by atoms with Gasteiger partial charge in [-0.2, -0.15) is 13.2 Å². The van der Waals surface area contributed by atoms with Crippen LogP contribution in [0.5, 0.6) is 0 Å². The van der Waals surface area contributed by atoms with Crippen LogP contribution in [0.25, 0.3) is 0 Å². The Balaban J connectivity index is 1.85. The topological polar surface area (TPSA) is 43.4 Å². The van der Waals surface area contributed by atoms with Crippen LogP contribution in [0.15, 0.2) is 18.2 Å². The van der Waals surface area contributed by atoms with Crippen LogP contribution in [0, 0.1) is 0 Å². The second-order valence-electron chi connectivity index (χ2n) is 4.77. The molecule has 20 heavy (non-hydrogen) atoms. The minimum Gasteiger partial charge on any atom is -0.379 e. The first-order valence-electron chi connectivity index (χ1n) is 6.45. The summed E-state index contributed by atoms with van der Waals surface area (Å²) in [6.07, 6.45) is -3.50. The molecule has 2 heterocycles. The summed E-state index contributed by atoms with van der Waals surface area (Å²) in [5, 5.41) is 2.90. The van der Waals surface area contributed by atoms with Crippen molar-refractivity contribution in [2.24, 2.45) is 0 Å². The quantitative estimate of drug-likeness (QED) is 0.905. The molecule has 1 N–H and O–H groups in total. The Morgan fingerprint density at radius 3 is 2.95 bits per heavy atom. The van der Waals surface area contributed by atoms with Crippen molar-refractivity contribution in [1.82, 2.24) is 4.98 Å². The van der Waals surface area contributed by atoms with E-state index in [-0.39, 0.29) is 18.0 Å². The van der Waals surface area contributed by atoms with Crippen LogP contribution in [0.2, 0.25) is 0 Å². The molecule has 0 bridgehead atoms. The lowest BCUT2D eigenvalue weighted by Crippen LogP contribution is -2.26. The molecule has 4 nitrogen and oxygen atoms in total. The van der Waals surface area contributed by atoms with Gasteiger partial charge in [-0.25, -0.2) is 4.98 Å². The molecule has 7 heteroatoms. The zero-order chi connectivity index (χ0) is 14.6. The lowest BCUT2D eigenvalue weighted by atomic mass is 10.3. The van der Waals surface area contributed by atoms with Gasteiger partial charge < -0.3 is 14.8 Å². The fourth-order valence-electron chi connectivity index (χ4n) is 1.89. The van der Waals surface area contributed by atoms with Gasteiger partial charge in [-0.15, -0.1) is 0 Å². The summed E-state index contributed by atoms with van der Waals surface area (Å²) in [5.41, 5.74) is -0.903. The molecule has 1 aromatic rings. The van der Waals surface area contributed by atoms with Gasteiger partial charge in [0.1, 0.15) is 11.5 Å². The molecule has 1 saturated heterocycles. The molecule has 0 aromatic carbocycles. The number of hydrogen-bond acceptors (Lipinski definition) is 4. The summed E-state index contributed by atoms with van der Waals surface area (Å²) in [6, 6.07) is 3.65. The maximum absolute atomic E-state index is 12.5. The summed E-state index contributed by atoms with van der Waals surface area (Å²) in [5.74, 6) is 0.193. The van der Waals surface area contributed by atoms with Crippen LogP contribution in [0.4, 0.5) is 19.0 Å². The molecule has 0 saturated carbocycles. The molecule has 1 fully saturated rings. The number of alkyl halides is 3. The maximum Gasteiger partial charge on any atom is 0.433 e. The van der Waals surface area contributed by atoms with E-state index >= 15 is 0 Å². The molecule has 1 aliphatic rings. The van der Waals surface area contributed by atoms with Crippen molar-refractivity contribution in [3.8, 4) is 0 Å². The minimum atomic E-state index is -4.43. The third-order valence-electron chi connectivity index (χ3n) is 2.90. The zero-order valence-electron chi connectivity index (χ0n) is 11.1. The largest absolute Gasteiger partial charge is 0.433 e. The molecule has 1 aliphatic heterocycles. The molecule has 0 radical (unpaired) electrons. The van der Waals surface area contributed by atoms with Crippen LogP contribution < -0.4 is 5.32 Å². The van der Waals surface area contributed by atoms with Gasteiger partial charge in [0.05, 0.1) is 19.3 Å². The first-order chi connectivity index (χ1) is 9.45. The number of anilines is 1. The van der Waals surface area contributed by atoms with Gasteiger partial charge in [-0.05, 0) is 25.5 Å². The first kappa shape index (κ1) is 15.1. The van der Waals surface area contributed by atoms with E-state index in [4.69, 9.17) is 9.47 Å². The molecular weight excluding hydrogens is 273 g/mol. The van der Waals surface area contributed by atoms with E-state index in [0.29, 0.717) is 19.8 Å². The number of pyridine rings is 1. The average Bonchev–Trinajstić information content (AvgIpc) is 2.89. The van der Waals surface area contributed by atoms with E-state index in [0.717, 1.165) is 12.5 Å². The molecule has 0 amide bonds. The predicted octanol–water partition coefficient (Wildman–Crippen LogP) is 2.71. The average molecular weight is 290 g/mol. The summed E-state index contributed by atoms with van der Waals surface area (Å²) in [6.45, 7) is 3.50. The Bertz CT molecular complexity index is 434. The Hall–Kier alpha value is -1.34. The Morgan fingerprint density at radius 1 is 1.50 bits per heavy atom. The summed E-state index contributed by atoms with van der Waals surface area (Å²) in [7, 11) is 0. The second kappa shape index (κ2) is 6.41. The molecule has 0 spiro atoms. The Labute approximate surface area is 115 Å². The van der Waals surface area contributed by atoms with Crippen molar-refractivity contribution in [3.05, 3.63) is 23.9 Å². The smallest absolute Gasteiger partial charge is 0.379 e. The van der Waals surface area contributed by atoms with Crippen LogP contribution in [-0.2, 0) is 15.7 Å². The first-order valence-corrected chi connectivity index (χ1v) is 6.45. The fourth-order valence-corrected chi connectivity index (χ4v) is 1.89. The summed E-state index contributed by atoms with van der Waals surface area (Å²) >= 11 is 0. The number of rotatable bonds is 5. The monoisotopic (exact) mass is 290 g/mol. The van der Waals surface area contributed by atoms with Crippen molar-refractivity contribution in [2.45, 2.75) is 31.7 Å². The number of aromatic nitrogens is 1. The van der Waals surface area contributed by atoms with Crippen LogP contribution in [0.1, 0.15) is 19.0 Å². The van der Waals surface area contributed by atoms with Gasteiger partial charge in [-0.3, -0.25) is 0 Å². The fraction of sp³-hybridized carbons (Fsp3) is 0.615. The number of nitrogens with one attached hydrogen (secondary N) is 1. The van der Waals surface area contributed by atoms with Crippen LogP contribution in [0.3, 0.4) is 0 Å². The summed E-state index contributed by atoms with van der Waals surface area (Å²) in [4.78, 5) is 3.55. The van der Waals surface area contributed by atoms with Crippen molar-refractivity contribution < 1.29 is 22.6 Å². The number of nitrogens with zero attached hydrogens (tertiary/aromatic N) is 1. The summed E-state index contributed by atoms with van der Waals surface area (Å²) < 4.78 is 48.4. The minimum absolute atomic E-state index is 0.0775.